The second-order valence-corrected chi connectivity index (χ2v) is 4.30. The van der Waals surface area contributed by atoms with E-state index in [1.165, 1.54) is 18.3 Å². The van der Waals surface area contributed by atoms with Gasteiger partial charge < -0.3 is 10.6 Å². The number of aromatic nitrogens is 1. The first kappa shape index (κ1) is 11.8. The molecule has 0 aromatic carbocycles. The standard InChI is InChI=1S/C11H16N4O2/c12-8-9-2-5-14(6-3-9)11-7-10(15(16)17)1-4-13-11/h1,4,7,9H,2-3,5-6,8,12H2. The Bertz CT molecular complexity index is 402. The van der Waals surface area contributed by atoms with Gasteiger partial charge in [-0.3, -0.25) is 10.1 Å². The number of nitrogens with zero attached hydrogens (tertiary/aromatic N) is 3. The van der Waals surface area contributed by atoms with E-state index in [0.717, 1.165) is 32.5 Å². The maximum Gasteiger partial charge on any atom is 0.274 e. The van der Waals surface area contributed by atoms with Crippen LogP contribution >= 0.6 is 0 Å². The van der Waals surface area contributed by atoms with Crippen LogP contribution < -0.4 is 10.6 Å². The fourth-order valence-electron chi connectivity index (χ4n) is 2.09. The topological polar surface area (TPSA) is 85.3 Å². The van der Waals surface area contributed by atoms with Crippen LogP contribution in [0.15, 0.2) is 18.3 Å². The minimum absolute atomic E-state index is 0.0935. The number of anilines is 1. The number of nitrogens with two attached hydrogens (primary N) is 1. The second kappa shape index (κ2) is 5.09. The third kappa shape index (κ3) is 2.71. The lowest BCUT2D eigenvalue weighted by Gasteiger charge is -2.32. The predicted octanol–water partition coefficient (Wildman–Crippen LogP) is 1.16. The molecule has 0 radical (unpaired) electrons. The lowest BCUT2D eigenvalue weighted by atomic mass is 9.97. The van der Waals surface area contributed by atoms with Crippen molar-refractivity contribution in [3.8, 4) is 0 Å². The minimum Gasteiger partial charge on any atom is -0.356 e. The molecule has 0 spiro atoms. The van der Waals surface area contributed by atoms with Crippen LogP contribution in [0.1, 0.15) is 12.8 Å². The molecule has 1 fully saturated rings. The molecule has 6 heteroatoms. The van der Waals surface area contributed by atoms with Crippen molar-refractivity contribution >= 4 is 11.5 Å². The number of pyridine rings is 1. The van der Waals surface area contributed by atoms with Crippen molar-refractivity contribution in [1.82, 2.24) is 4.98 Å². The monoisotopic (exact) mass is 236 g/mol. The summed E-state index contributed by atoms with van der Waals surface area (Å²) in [6, 6.07) is 2.94. The van der Waals surface area contributed by atoms with E-state index in [2.05, 4.69) is 9.88 Å². The van der Waals surface area contributed by atoms with Gasteiger partial charge in [0.1, 0.15) is 5.82 Å². The molecule has 0 bridgehead atoms. The zero-order chi connectivity index (χ0) is 12.3. The van der Waals surface area contributed by atoms with Crippen LogP contribution in [0.4, 0.5) is 11.5 Å². The van der Waals surface area contributed by atoms with Gasteiger partial charge in [0, 0.05) is 25.4 Å². The molecule has 1 aromatic rings. The molecular formula is C11H16N4O2. The van der Waals surface area contributed by atoms with E-state index >= 15 is 0 Å². The molecule has 1 aliphatic rings. The Balaban J connectivity index is 2.08. The number of nitro groups is 1. The maximum absolute atomic E-state index is 10.7. The van der Waals surface area contributed by atoms with Gasteiger partial charge in [-0.15, -0.1) is 0 Å². The Hall–Kier alpha value is -1.69. The van der Waals surface area contributed by atoms with E-state index in [9.17, 15) is 10.1 Å². The highest BCUT2D eigenvalue weighted by Crippen LogP contribution is 2.23. The van der Waals surface area contributed by atoms with Gasteiger partial charge in [-0.25, -0.2) is 4.98 Å². The van der Waals surface area contributed by atoms with E-state index in [1.807, 2.05) is 0 Å². The third-order valence-corrected chi connectivity index (χ3v) is 3.21. The first-order chi connectivity index (χ1) is 8.20. The van der Waals surface area contributed by atoms with Crippen LogP contribution in [0.25, 0.3) is 0 Å². The summed E-state index contributed by atoms with van der Waals surface area (Å²) < 4.78 is 0. The first-order valence-electron chi connectivity index (χ1n) is 5.76. The number of piperidine rings is 1. The van der Waals surface area contributed by atoms with Crippen LogP contribution in [0.3, 0.4) is 0 Å². The Morgan fingerprint density at radius 2 is 2.24 bits per heavy atom. The van der Waals surface area contributed by atoms with Crippen molar-refractivity contribution < 1.29 is 4.92 Å². The largest absolute Gasteiger partial charge is 0.356 e. The quantitative estimate of drug-likeness (QED) is 0.628. The van der Waals surface area contributed by atoms with Gasteiger partial charge in [0.2, 0.25) is 0 Å². The molecule has 0 unspecified atom stereocenters. The Labute approximate surface area is 99.6 Å². The lowest BCUT2D eigenvalue weighted by Crippen LogP contribution is -2.36. The van der Waals surface area contributed by atoms with Crippen molar-refractivity contribution in [3.63, 3.8) is 0 Å². The van der Waals surface area contributed by atoms with Crippen molar-refractivity contribution in [2.45, 2.75) is 12.8 Å². The summed E-state index contributed by atoms with van der Waals surface area (Å²) in [4.78, 5) is 16.6. The van der Waals surface area contributed by atoms with Gasteiger partial charge >= 0.3 is 0 Å². The molecule has 6 nitrogen and oxygen atoms in total. The first-order valence-corrected chi connectivity index (χ1v) is 5.76. The second-order valence-electron chi connectivity index (χ2n) is 4.30. The maximum atomic E-state index is 10.7. The molecule has 1 aliphatic heterocycles. The molecular weight excluding hydrogens is 220 g/mol. The summed E-state index contributed by atoms with van der Waals surface area (Å²) in [5, 5.41) is 10.7. The van der Waals surface area contributed by atoms with Crippen molar-refractivity contribution in [2.75, 3.05) is 24.5 Å². The van der Waals surface area contributed by atoms with Crippen molar-refractivity contribution in [3.05, 3.63) is 28.4 Å². The predicted molar refractivity (Wildman–Crippen MR) is 64.9 cm³/mol. The smallest absolute Gasteiger partial charge is 0.274 e. The highest BCUT2D eigenvalue weighted by Gasteiger charge is 2.20. The highest BCUT2D eigenvalue weighted by atomic mass is 16.6. The van der Waals surface area contributed by atoms with Gasteiger partial charge in [-0.05, 0) is 25.3 Å². The molecule has 1 aromatic heterocycles. The van der Waals surface area contributed by atoms with Crippen molar-refractivity contribution in [2.24, 2.45) is 11.7 Å². The fourth-order valence-corrected chi connectivity index (χ4v) is 2.09. The third-order valence-electron chi connectivity index (χ3n) is 3.21. The SMILES string of the molecule is NCC1CCN(c2cc([N+](=O)[O-])ccn2)CC1. The van der Waals surface area contributed by atoms with E-state index in [0.29, 0.717) is 11.7 Å². The molecule has 0 saturated carbocycles. The minimum atomic E-state index is -0.391. The summed E-state index contributed by atoms with van der Waals surface area (Å²) in [6.45, 7) is 2.46. The zero-order valence-corrected chi connectivity index (χ0v) is 9.58. The number of hydrogen-bond acceptors (Lipinski definition) is 5. The lowest BCUT2D eigenvalue weighted by molar-refractivity contribution is -0.384. The molecule has 92 valence electrons. The van der Waals surface area contributed by atoms with Crippen LogP contribution in [-0.2, 0) is 0 Å². The van der Waals surface area contributed by atoms with Gasteiger partial charge in [0.05, 0.1) is 11.0 Å². The van der Waals surface area contributed by atoms with Gasteiger partial charge in [0.15, 0.2) is 0 Å². The molecule has 2 heterocycles. The highest BCUT2D eigenvalue weighted by molar-refractivity contribution is 5.46. The van der Waals surface area contributed by atoms with Crippen LogP contribution in [-0.4, -0.2) is 29.5 Å². The average Bonchev–Trinajstić information content (AvgIpc) is 2.39. The zero-order valence-electron chi connectivity index (χ0n) is 9.58. The average molecular weight is 236 g/mol. The summed E-state index contributed by atoms with van der Waals surface area (Å²) in [7, 11) is 0. The van der Waals surface area contributed by atoms with Crippen molar-refractivity contribution in [1.29, 1.82) is 0 Å². The van der Waals surface area contributed by atoms with Gasteiger partial charge in [-0.1, -0.05) is 0 Å². The Morgan fingerprint density at radius 1 is 1.53 bits per heavy atom. The van der Waals surface area contributed by atoms with Crippen LogP contribution in [0, 0.1) is 16.0 Å². The summed E-state index contributed by atoms with van der Waals surface area (Å²) in [5.74, 6) is 1.26. The molecule has 2 N–H and O–H groups in total. The molecule has 1 saturated heterocycles. The molecule has 0 atom stereocenters. The summed E-state index contributed by atoms with van der Waals surface area (Å²) >= 11 is 0. The van der Waals surface area contributed by atoms with Gasteiger partial charge in [0.25, 0.3) is 5.69 Å². The van der Waals surface area contributed by atoms with E-state index in [-0.39, 0.29) is 5.69 Å². The number of rotatable bonds is 3. The fraction of sp³-hybridized carbons (Fsp3) is 0.545. The van der Waals surface area contributed by atoms with E-state index in [4.69, 9.17) is 5.73 Å². The van der Waals surface area contributed by atoms with Gasteiger partial charge in [-0.2, -0.15) is 0 Å². The summed E-state index contributed by atoms with van der Waals surface area (Å²) in [6.07, 6.45) is 3.55. The molecule has 0 aliphatic carbocycles. The van der Waals surface area contributed by atoms with Crippen LogP contribution in [0.5, 0.6) is 0 Å². The Kier molecular flexibility index (Phi) is 3.53. The van der Waals surface area contributed by atoms with E-state index in [1.54, 1.807) is 0 Å². The molecule has 0 amide bonds. The Morgan fingerprint density at radius 3 is 2.82 bits per heavy atom. The molecule has 17 heavy (non-hydrogen) atoms. The van der Waals surface area contributed by atoms with Crippen LogP contribution in [0.2, 0.25) is 0 Å². The number of hydrogen-bond donors (Lipinski definition) is 1. The normalized spacial score (nSPS) is 17.1. The van der Waals surface area contributed by atoms with E-state index < -0.39 is 4.92 Å². The molecule has 2 rings (SSSR count). The summed E-state index contributed by atoms with van der Waals surface area (Å²) in [5.41, 5.74) is 5.72.